The molecular formula is C38H34O7. The molecule has 0 aliphatic rings. The second kappa shape index (κ2) is 15.2. The van der Waals surface area contributed by atoms with E-state index in [1.54, 1.807) is 25.3 Å². The van der Waals surface area contributed by atoms with Crippen LogP contribution in [0.4, 0.5) is 0 Å². The average molecular weight is 603 g/mol. The summed E-state index contributed by atoms with van der Waals surface area (Å²) in [6.07, 6.45) is 2.98. The number of allylic oxidation sites excluding steroid dienone is 1. The van der Waals surface area contributed by atoms with Crippen molar-refractivity contribution in [2.75, 3.05) is 14.2 Å². The zero-order valence-corrected chi connectivity index (χ0v) is 25.1. The molecule has 0 radical (unpaired) electrons. The van der Waals surface area contributed by atoms with Crippen LogP contribution in [-0.2, 0) is 19.8 Å². The molecule has 0 heterocycles. The van der Waals surface area contributed by atoms with Crippen molar-refractivity contribution in [2.45, 2.75) is 19.8 Å². The van der Waals surface area contributed by atoms with E-state index in [4.69, 9.17) is 23.7 Å². The summed E-state index contributed by atoms with van der Waals surface area (Å²) in [5.41, 5.74) is 3.54. The lowest BCUT2D eigenvalue weighted by Gasteiger charge is -2.16. The number of phenolic OH excluding ortho intramolecular Hbond substituents is 1. The SMILES string of the molecule is COc1ccc(C=CC(=O)c2cc(OCc3ccccc3)c(OCc3ccccc3)cc2O)c(OC)c1OCc1ccccc1. The van der Waals surface area contributed by atoms with Gasteiger partial charge in [0.2, 0.25) is 5.75 Å². The lowest BCUT2D eigenvalue weighted by atomic mass is 10.1. The number of phenols is 1. The molecule has 0 bridgehead atoms. The topological polar surface area (TPSA) is 83.5 Å². The summed E-state index contributed by atoms with van der Waals surface area (Å²) in [7, 11) is 3.08. The van der Waals surface area contributed by atoms with Gasteiger partial charge < -0.3 is 28.8 Å². The first-order valence-corrected chi connectivity index (χ1v) is 14.4. The molecule has 45 heavy (non-hydrogen) atoms. The molecule has 228 valence electrons. The van der Waals surface area contributed by atoms with Crippen LogP contribution >= 0.6 is 0 Å². The third-order valence-corrected chi connectivity index (χ3v) is 6.97. The number of hydrogen-bond acceptors (Lipinski definition) is 7. The monoisotopic (exact) mass is 602 g/mol. The van der Waals surface area contributed by atoms with Crippen LogP contribution in [-0.4, -0.2) is 25.1 Å². The molecule has 1 N–H and O–H groups in total. The molecule has 0 fully saturated rings. The predicted molar refractivity (Wildman–Crippen MR) is 173 cm³/mol. The molecule has 7 heteroatoms. The first-order chi connectivity index (χ1) is 22.1. The largest absolute Gasteiger partial charge is 0.507 e. The van der Waals surface area contributed by atoms with Crippen LogP contribution in [0.25, 0.3) is 6.08 Å². The van der Waals surface area contributed by atoms with Crippen LogP contribution < -0.4 is 23.7 Å². The summed E-state index contributed by atoms with van der Waals surface area (Å²) in [6, 6.07) is 35.5. The van der Waals surface area contributed by atoms with Gasteiger partial charge in [-0.1, -0.05) is 91.0 Å². The van der Waals surface area contributed by atoms with Gasteiger partial charge in [0.25, 0.3) is 0 Å². The Bertz CT molecular complexity index is 1730. The van der Waals surface area contributed by atoms with Gasteiger partial charge in [0.1, 0.15) is 25.6 Å². The van der Waals surface area contributed by atoms with E-state index >= 15 is 0 Å². The van der Waals surface area contributed by atoms with Crippen LogP contribution in [0.1, 0.15) is 32.6 Å². The quantitative estimate of drug-likeness (QED) is 0.102. The van der Waals surface area contributed by atoms with Crippen molar-refractivity contribution in [3.8, 4) is 34.5 Å². The number of rotatable bonds is 14. The van der Waals surface area contributed by atoms with Gasteiger partial charge >= 0.3 is 0 Å². The van der Waals surface area contributed by atoms with Crippen molar-refractivity contribution in [2.24, 2.45) is 0 Å². The Labute approximate surface area is 262 Å². The van der Waals surface area contributed by atoms with Gasteiger partial charge in [-0.2, -0.15) is 0 Å². The van der Waals surface area contributed by atoms with Crippen LogP contribution in [0, 0.1) is 0 Å². The Kier molecular flexibility index (Phi) is 10.4. The highest BCUT2D eigenvalue weighted by Crippen LogP contribution is 2.41. The highest BCUT2D eigenvalue weighted by atomic mass is 16.5. The Balaban J connectivity index is 1.40. The number of aromatic hydroxyl groups is 1. The second-order valence-corrected chi connectivity index (χ2v) is 10.1. The standard InChI is InChI=1S/C38H34O7/c1-41-34-21-19-30(37(42-2)38(34)45-26-29-16-10-5-11-17-29)18-20-32(39)31-22-35(43-24-27-12-6-3-7-13-27)36(23-33(31)40)44-25-28-14-8-4-9-15-28/h3-23,40H,24-26H2,1-2H3. The minimum atomic E-state index is -0.434. The molecule has 5 aromatic carbocycles. The normalized spacial score (nSPS) is 10.8. The zero-order valence-electron chi connectivity index (χ0n) is 25.1. The smallest absolute Gasteiger partial charge is 0.204 e. The Morgan fingerprint density at radius 2 is 1.11 bits per heavy atom. The maximum absolute atomic E-state index is 13.4. The fourth-order valence-corrected chi connectivity index (χ4v) is 4.63. The lowest BCUT2D eigenvalue weighted by Crippen LogP contribution is -2.03. The van der Waals surface area contributed by atoms with Gasteiger partial charge in [0.05, 0.1) is 19.8 Å². The summed E-state index contributed by atoms with van der Waals surface area (Å²) in [4.78, 5) is 13.4. The maximum Gasteiger partial charge on any atom is 0.204 e. The van der Waals surface area contributed by atoms with E-state index in [1.807, 2.05) is 91.0 Å². The molecular weight excluding hydrogens is 568 g/mol. The molecule has 5 rings (SSSR count). The summed E-state index contributed by atoms with van der Waals surface area (Å²) >= 11 is 0. The third-order valence-electron chi connectivity index (χ3n) is 6.97. The summed E-state index contributed by atoms with van der Waals surface area (Å²) in [5.74, 6) is 1.32. The number of ether oxygens (including phenoxy) is 5. The predicted octanol–water partition coefficient (Wildman–Crippen LogP) is 8.04. The fraction of sp³-hybridized carbons (Fsp3) is 0.132. The van der Waals surface area contributed by atoms with E-state index in [0.717, 1.165) is 16.7 Å². The summed E-state index contributed by atoms with van der Waals surface area (Å²) < 4.78 is 29.4. The molecule has 0 saturated heterocycles. The van der Waals surface area contributed by atoms with Gasteiger partial charge in [-0.3, -0.25) is 4.79 Å². The van der Waals surface area contributed by atoms with Gasteiger partial charge in [0, 0.05) is 11.6 Å². The van der Waals surface area contributed by atoms with Crippen molar-refractivity contribution in [1.29, 1.82) is 0 Å². The van der Waals surface area contributed by atoms with Gasteiger partial charge in [-0.05, 0) is 47.0 Å². The number of carbonyl (C=O) groups excluding carboxylic acids is 1. The molecule has 0 unspecified atom stereocenters. The van der Waals surface area contributed by atoms with Crippen LogP contribution in [0.5, 0.6) is 34.5 Å². The van der Waals surface area contributed by atoms with Gasteiger partial charge in [0.15, 0.2) is 28.8 Å². The Morgan fingerprint density at radius 1 is 0.600 bits per heavy atom. The van der Waals surface area contributed by atoms with E-state index in [2.05, 4.69) is 0 Å². The number of carbonyl (C=O) groups is 1. The minimum Gasteiger partial charge on any atom is -0.507 e. The zero-order chi connectivity index (χ0) is 31.4. The molecule has 0 aromatic heterocycles. The first-order valence-electron chi connectivity index (χ1n) is 14.4. The molecule has 0 atom stereocenters. The van der Waals surface area contributed by atoms with E-state index in [9.17, 15) is 9.90 Å². The van der Waals surface area contributed by atoms with Crippen LogP contribution in [0.2, 0.25) is 0 Å². The lowest BCUT2D eigenvalue weighted by molar-refractivity contribution is 0.104. The van der Waals surface area contributed by atoms with Crippen molar-refractivity contribution in [3.05, 3.63) is 149 Å². The number of methoxy groups -OCH3 is 2. The van der Waals surface area contributed by atoms with E-state index in [1.165, 1.54) is 25.3 Å². The third kappa shape index (κ3) is 8.03. The van der Waals surface area contributed by atoms with Crippen molar-refractivity contribution >= 4 is 11.9 Å². The summed E-state index contributed by atoms with van der Waals surface area (Å²) in [5, 5.41) is 10.9. The molecule has 7 nitrogen and oxygen atoms in total. The first kappa shape index (κ1) is 30.8. The van der Waals surface area contributed by atoms with Crippen molar-refractivity contribution < 1.29 is 33.6 Å². The molecule has 0 amide bonds. The molecule has 0 spiro atoms. The number of hydrogen-bond donors (Lipinski definition) is 1. The van der Waals surface area contributed by atoms with Crippen LogP contribution in [0.3, 0.4) is 0 Å². The number of benzene rings is 5. The van der Waals surface area contributed by atoms with Crippen molar-refractivity contribution in [1.82, 2.24) is 0 Å². The molecule has 0 aliphatic heterocycles. The van der Waals surface area contributed by atoms with Gasteiger partial charge in [-0.25, -0.2) is 0 Å². The van der Waals surface area contributed by atoms with E-state index < -0.39 is 5.78 Å². The molecule has 0 saturated carbocycles. The van der Waals surface area contributed by atoms with Crippen molar-refractivity contribution in [3.63, 3.8) is 0 Å². The molecule has 5 aromatic rings. The Morgan fingerprint density at radius 3 is 1.62 bits per heavy atom. The second-order valence-electron chi connectivity index (χ2n) is 10.1. The highest BCUT2D eigenvalue weighted by Gasteiger charge is 2.19. The molecule has 0 aliphatic carbocycles. The van der Waals surface area contributed by atoms with E-state index in [-0.39, 0.29) is 24.5 Å². The Hall–Kier alpha value is -5.69. The van der Waals surface area contributed by atoms with Gasteiger partial charge in [-0.15, -0.1) is 0 Å². The number of ketones is 1. The van der Waals surface area contributed by atoms with E-state index in [0.29, 0.717) is 40.9 Å². The van der Waals surface area contributed by atoms with Crippen LogP contribution in [0.15, 0.2) is 121 Å². The highest BCUT2D eigenvalue weighted by molar-refractivity contribution is 6.09. The maximum atomic E-state index is 13.4. The fourth-order valence-electron chi connectivity index (χ4n) is 4.63. The average Bonchev–Trinajstić information content (AvgIpc) is 3.09. The summed E-state index contributed by atoms with van der Waals surface area (Å²) in [6.45, 7) is 0.824. The minimum absolute atomic E-state index is 0.0643.